The molecule has 0 aromatic rings. The van der Waals surface area contributed by atoms with E-state index in [9.17, 15) is 0 Å². The van der Waals surface area contributed by atoms with Crippen LogP contribution in [0.4, 0.5) is 0 Å². The minimum absolute atomic E-state index is 0.446. The summed E-state index contributed by atoms with van der Waals surface area (Å²) in [6.45, 7) is 1.87. The standard InChI is InChI=1S/C12H23NO/c13-12(9-10-3-1-2-4-10)11-5-7-14-8-6-11/h10-12H,1-9,13H2. The Bertz CT molecular complexity index is 160. The molecule has 0 spiro atoms. The summed E-state index contributed by atoms with van der Waals surface area (Å²) in [5.41, 5.74) is 6.27. The molecule has 2 nitrogen and oxygen atoms in total. The van der Waals surface area contributed by atoms with Crippen LogP contribution in [0.2, 0.25) is 0 Å². The Morgan fingerprint density at radius 2 is 1.71 bits per heavy atom. The zero-order valence-electron chi connectivity index (χ0n) is 9.08. The Kier molecular flexibility index (Phi) is 3.82. The first-order valence-electron chi connectivity index (χ1n) is 6.19. The zero-order valence-corrected chi connectivity index (χ0v) is 9.08. The van der Waals surface area contributed by atoms with Gasteiger partial charge < -0.3 is 10.5 Å². The molecular formula is C12H23NO. The predicted octanol–water partition coefficient (Wildman–Crippen LogP) is 2.32. The second-order valence-electron chi connectivity index (χ2n) is 5.00. The van der Waals surface area contributed by atoms with E-state index in [1.807, 2.05) is 0 Å². The monoisotopic (exact) mass is 197 g/mol. The Labute approximate surface area is 87.2 Å². The van der Waals surface area contributed by atoms with E-state index in [0.29, 0.717) is 6.04 Å². The zero-order chi connectivity index (χ0) is 9.80. The van der Waals surface area contributed by atoms with Gasteiger partial charge in [0, 0.05) is 19.3 Å². The molecule has 2 rings (SSSR count). The van der Waals surface area contributed by atoms with Crippen LogP contribution in [0.15, 0.2) is 0 Å². The lowest BCUT2D eigenvalue weighted by molar-refractivity contribution is 0.0556. The second-order valence-corrected chi connectivity index (χ2v) is 5.00. The largest absolute Gasteiger partial charge is 0.381 e. The van der Waals surface area contributed by atoms with Gasteiger partial charge in [-0.25, -0.2) is 0 Å². The summed E-state index contributed by atoms with van der Waals surface area (Å²) in [6, 6.07) is 0.446. The second kappa shape index (κ2) is 5.13. The molecule has 1 heterocycles. The number of hydrogen-bond acceptors (Lipinski definition) is 2. The summed E-state index contributed by atoms with van der Waals surface area (Å²) in [5.74, 6) is 1.68. The van der Waals surface area contributed by atoms with Crippen LogP contribution in [0.1, 0.15) is 44.9 Å². The maximum absolute atomic E-state index is 6.27. The Hall–Kier alpha value is -0.0800. The minimum Gasteiger partial charge on any atom is -0.381 e. The molecule has 0 aromatic heterocycles. The van der Waals surface area contributed by atoms with Gasteiger partial charge in [-0.3, -0.25) is 0 Å². The fraction of sp³-hybridized carbons (Fsp3) is 1.00. The van der Waals surface area contributed by atoms with Gasteiger partial charge in [0.25, 0.3) is 0 Å². The first kappa shape index (κ1) is 10.4. The minimum atomic E-state index is 0.446. The highest BCUT2D eigenvalue weighted by Gasteiger charge is 2.25. The number of nitrogens with two attached hydrogens (primary N) is 1. The maximum atomic E-state index is 6.27. The summed E-state index contributed by atoms with van der Waals surface area (Å²) < 4.78 is 5.36. The molecule has 0 amide bonds. The molecule has 1 unspecified atom stereocenters. The lowest BCUT2D eigenvalue weighted by Crippen LogP contribution is -2.35. The van der Waals surface area contributed by atoms with Crippen LogP contribution in [0.5, 0.6) is 0 Å². The molecule has 2 aliphatic rings. The van der Waals surface area contributed by atoms with E-state index in [-0.39, 0.29) is 0 Å². The highest BCUT2D eigenvalue weighted by Crippen LogP contribution is 2.31. The molecule has 2 N–H and O–H groups in total. The van der Waals surface area contributed by atoms with Gasteiger partial charge in [-0.05, 0) is 31.1 Å². The van der Waals surface area contributed by atoms with E-state index in [1.165, 1.54) is 44.9 Å². The van der Waals surface area contributed by atoms with Crippen LogP contribution in [-0.4, -0.2) is 19.3 Å². The third kappa shape index (κ3) is 2.71. The Balaban J connectivity index is 1.72. The van der Waals surface area contributed by atoms with E-state index < -0.39 is 0 Å². The molecule has 1 aliphatic heterocycles. The molecule has 14 heavy (non-hydrogen) atoms. The molecule has 1 saturated carbocycles. The topological polar surface area (TPSA) is 35.2 Å². The van der Waals surface area contributed by atoms with Crippen LogP contribution >= 0.6 is 0 Å². The maximum Gasteiger partial charge on any atom is 0.0469 e. The van der Waals surface area contributed by atoms with Gasteiger partial charge in [-0.15, -0.1) is 0 Å². The van der Waals surface area contributed by atoms with Crippen LogP contribution in [0.25, 0.3) is 0 Å². The molecule has 0 radical (unpaired) electrons. The van der Waals surface area contributed by atoms with Crippen molar-refractivity contribution in [2.45, 2.75) is 51.0 Å². The van der Waals surface area contributed by atoms with Gasteiger partial charge in [0.15, 0.2) is 0 Å². The summed E-state index contributed by atoms with van der Waals surface area (Å²) in [5, 5.41) is 0. The van der Waals surface area contributed by atoms with E-state index in [1.54, 1.807) is 0 Å². The first-order valence-corrected chi connectivity index (χ1v) is 6.19. The van der Waals surface area contributed by atoms with Crippen molar-refractivity contribution >= 4 is 0 Å². The molecule has 2 heteroatoms. The highest BCUT2D eigenvalue weighted by atomic mass is 16.5. The van der Waals surface area contributed by atoms with Gasteiger partial charge >= 0.3 is 0 Å². The highest BCUT2D eigenvalue weighted by molar-refractivity contribution is 4.80. The lowest BCUT2D eigenvalue weighted by atomic mass is 9.86. The van der Waals surface area contributed by atoms with Crippen LogP contribution in [-0.2, 0) is 4.74 Å². The molecule has 1 saturated heterocycles. The van der Waals surface area contributed by atoms with Crippen LogP contribution < -0.4 is 5.73 Å². The van der Waals surface area contributed by atoms with Gasteiger partial charge in [0.05, 0.1) is 0 Å². The van der Waals surface area contributed by atoms with Crippen molar-refractivity contribution in [3.05, 3.63) is 0 Å². The lowest BCUT2D eigenvalue weighted by Gasteiger charge is -2.29. The smallest absolute Gasteiger partial charge is 0.0469 e. The Morgan fingerprint density at radius 3 is 2.36 bits per heavy atom. The van der Waals surface area contributed by atoms with Crippen molar-refractivity contribution < 1.29 is 4.74 Å². The van der Waals surface area contributed by atoms with Gasteiger partial charge in [0.1, 0.15) is 0 Å². The SMILES string of the molecule is NC(CC1CCCC1)C1CCOCC1. The summed E-state index contributed by atoms with van der Waals surface area (Å²) in [4.78, 5) is 0. The Morgan fingerprint density at radius 1 is 1.07 bits per heavy atom. The molecule has 2 fully saturated rings. The summed E-state index contributed by atoms with van der Waals surface area (Å²) in [6.07, 6.45) is 9.37. The van der Waals surface area contributed by atoms with Crippen molar-refractivity contribution in [1.82, 2.24) is 0 Å². The van der Waals surface area contributed by atoms with Crippen molar-refractivity contribution in [3.63, 3.8) is 0 Å². The van der Waals surface area contributed by atoms with E-state index >= 15 is 0 Å². The van der Waals surface area contributed by atoms with Crippen molar-refractivity contribution in [3.8, 4) is 0 Å². The average Bonchev–Trinajstić information content (AvgIpc) is 2.72. The molecule has 82 valence electrons. The van der Waals surface area contributed by atoms with Crippen molar-refractivity contribution in [2.24, 2.45) is 17.6 Å². The quantitative estimate of drug-likeness (QED) is 0.753. The fourth-order valence-corrected chi connectivity index (χ4v) is 2.97. The van der Waals surface area contributed by atoms with E-state index in [2.05, 4.69) is 0 Å². The number of ether oxygens (including phenoxy) is 1. The molecule has 1 atom stereocenters. The third-order valence-corrected chi connectivity index (χ3v) is 3.95. The fourth-order valence-electron chi connectivity index (χ4n) is 2.97. The van der Waals surface area contributed by atoms with Gasteiger partial charge in [-0.1, -0.05) is 25.7 Å². The molecule has 0 aromatic carbocycles. The van der Waals surface area contributed by atoms with E-state index in [4.69, 9.17) is 10.5 Å². The van der Waals surface area contributed by atoms with Crippen LogP contribution in [0.3, 0.4) is 0 Å². The van der Waals surface area contributed by atoms with Crippen molar-refractivity contribution in [1.29, 1.82) is 0 Å². The van der Waals surface area contributed by atoms with Gasteiger partial charge in [0.2, 0.25) is 0 Å². The summed E-state index contributed by atoms with van der Waals surface area (Å²) in [7, 11) is 0. The summed E-state index contributed by atoms with van der Waals surface area (Å²) >= 11 is 0. The first-order chi connectivity index (χ1) is 6.86. The predicted molar refractivity (Wildman–Crippen MR) is 58.1 cm³/mol. The number of rotatable bonds is 3. The normalized spacial score (nSPS) is 28.1. The van der Waals surface area contributed by atoms with Crippen LogP contribution in [0, 0.1) is 11.8 Å². The van der Waals surface area contributed by atoms with Gasteiger partial charge in [-0.2, -0.15) is 0 Å². The molecule has 0 bridgehead atoms. The van der Waals surface area contributed by atoms with E-state index in [0.717, 1.165) is 25.0 Å². The number of hydrogen-bond donors (Lipinski definition) is 1. The van der Waals surface area contributed by atoms with Crippen molar-refractivity contribution in [2.75, 3.05) is 13.2 Å². The molecular weight excluding hydrogens is 174 g/mol. The third-order valence-electron chi connectivity index (χ3n) is 3.95. The molecule has 1 aliphatic carbocycles. The average molecular weight is 197 g/mol.